The van der Waals surface area contributed by atoms with Gasteiger partial charge in [0.1, 0.15) is 5.82 Å². The highest BCUT2D eigenvalue weighted by atomic mass is 127. The zero-order valence-electron chi connectivity index (χ0n) is 16.4. The Kier molecular flexibility index (Phi) is 10.3. The summed E-state index contributed by atoms with van der Waals surface area (Å²) in [5.41, 5.74) is 4.02. The Bertz CT molecular complexity index is 673. The van der Waals surface area contributed by atoms with Crippen LogP contribution in [0.1, 0.15) is 35.4 Å². The largest absolute Gasteiger partial charge is 0.356 e. The standard InChI is InChI=1S/C20H31N5.HI/c1-16-13-17(2)15-19(14-16)7-9-24-20(21-4)23-8-5-6-11-25-12-10-22-18(25)3;/h10,12-15H,5-9,11H2,1-4H3,(H2,21,23,24);1H. The number of aryl methyl sites for hydroxylation is 4. The number of hydrogen-bond acceptors (Lipinski definition) is 2. The number of guanidine groups is 1. The number of rotatable bonds is 8. The first kappa shape index (κ1) is 22.5. The number of imidazole rings is 1. The summed E-state index contributed by atoms with van der Waals surface area (Å²) >= 11 is 0. The summed E-state index contributed by atoms with van der Waals surface area (Å²) in [6.45, 7) is 9.17. The molecule has 144 valence electrons. The predicted octanol–water partition coefficient (Wildman–Crippen LogP) is 3.61. The Morgan fingerprint density at radius 3 is 2.35 bits per heavy atom. The number of nitrogens with zero attached hydrogens (tertiary/aromatic N) is 3. The van der Waals surface area contributed by atoms with Gasteiger partial charge in [-0.05, 0) is 45.6 Å². The summed E-state index contributed by atoms with van der Waals surface area (Å²) in [5.74, 6) is 1.96. The van der Waals surface area contributed by atoms with Crippen molar-refractivity contribution in [3.63, 3.8) is 0 Å². The van der Waals surface area contributed by atoms with Gasteiger partial charge in [-0.2, -0.15) is 0 Å². The first-order chi connectivity index (χ1) is 12.1. The van der Waals surface area contributed by atoms with Gasteiger partial charge in [0.2, 0.25) is 0 Å². The van der Waals surface area contributed by atoms with Crippen LogP contribution in [0.5, 0.6) is 0 Å². The second-order valence-electron chi connectivity index (χ2n) is 6.55. The minimum atomic E-state index is 0. The Morgan fingerprint density at radius 2 is 1.73 bits per heavy atom. The van der Waals surface area contributed by atoms with Gasteiger partial charge >= 0.3 is 0 Å². The monoisotopic (exact) mass is 469 g/mol. The SMILES string of the molecule is CN=C(NCCCCn1ccnc1C)NCCc1cc(C)cc(C)c1.I. The average Bonchev–Trinajstić information content (AvgIpc) is 2.97. The number of unbranched alkanes of at least 4 members (excludes halogenated alkanes) is 1. The Balaban J connectivity index is 0.00000338. The van der Waals surface area contributed by atoms with Gasteiger partial charge in [0, 0.05) is 39.1 Å². The molecule has 0 aliphatic carbocycles. The molecule has 1 aromatic heterocycles. The molecule has 0 aliphatic rings. The summed E-state index contributed by atoms with van der Waals surface area (Å²) in [6.07, 6.45) is 7.13. The quantitative estimate of drug-likeness (QED) is 0.269. The van der Waals surface area contributed by atoms with Crippen molar-refractivity contribution in [2.45, 2.75) is 46.6 Å². The molecule has 26 heavy (non-hydrogen) atoms. The van der Waals surface area contributed by atoms with E-state index in [4.69, 9.17) is 0 Å². The highest BCUT2D eigenvalue weighted by Gasteiger charge is 2.00. The summed E-state index contributed by atoms with van der Waals surface area (Å²) < 4.78 is 2.19. The Labute approximate surface area is 174 Å². The first-order valence-electron chi connectivity index (χ1n) is 9.08. The van der Waals surface area contributed by atoms with Crippen LogP contribution >= 0.6 is 24.0 Å². The molecule has 0 saturated carbocycles. The van der Waals surface area contributed by atoms with Crippen LogP contribution in [0.15, 0.2) is 35.6 Å². The zero-order chi connectivity index (χ0) is 18.1. The maximum absolute atomic E-state index is 4.30. The van der Waals surface area contributed by atoms with Gasteiger partial charge in [-0.15, -0.1) is 24.0 Å². The molecule has 5 nitrogen and oxygen atoms in total. The van der Waals surface area contributed by atoms with Crippen LogP contribution in [0.4, 0.5) is 0 Å². The number of nitrogens with one attached hydrogen (secondary N) is 2. The maximum atomic E-state index is 4.30. The highest BCUT2D eigenvalue weighted by Crippen LogP contribution is 2.08. The predicted molar refractivity (Wildman–Crippen MR) is 121 cm³/mol. The van der Waals surface area contributed by atoms with Crippen molar-refractivity contribution in [2.24, 2.45) is 4.99 Å². The molecule has 1 heterocycles. The summed E-state index contributed by atoms with van der Waals surface area (Å²) in [7, 11) is 1.82. The molecule has 0 saturated heterocycles. The molecule has 2 aromatic rings. The van der Waals surface area contributed by atoms with E-state index in [2.05, 4.69) is 57.2 Å². The van der Waals surface area contributed by atoms with Gasteiger partial charge in [-0.25, -0.2) is 4.98 Å². The van der Waals surface area contributed by atoms with Gasteiger partial charge in [0.25, 0.3) is 0 Å². The van der Waals surface area contributed by atoms with Crippen molar-refractivity contribution < 1.29 is 0 Å². The molecule has 0 bridgehead atoms. The molecule has 2 N–H and O–H groups in total. The van der Waals surface area contributed by atoms with E-state index in [1.165, 1.54) is 16.7 Å². The van der Waals surface area contributed by atoms with Gasteiger partial charge in [-0.3, -0.25) is 4.99 Å². The minimum Gasteiger partial charge on any atom is -0.356 e. The first-order valence-corrected chi connectivity index (χ1v) is 9.08. The van der Waals surface area contributed by atoms with E-state index in [0.717, 1.165) is 50.7 Å². The van der Waals surface area contributed by atoms with E-state index < -0.39 is 0 Å². The van der Waals surface area contributed by atoms with Gasteiger partial charge in [0.05, 0.1) is 0 Å². The minimum absolute atomic E-state index is 0. The molecule has 0 spiro atoms. The van der Waals surface area contributed by atoms with Crippen LogP contribution in [0.25, 0.3) is 0 Å². The summed E-state index contributed by atoms with van der Waals surface area (Å²) in [5, 5.41) is 6.78. The molecule has 0 radical (unpaired) electrons. The molecular weight excluding hydrogens is 437 g/mol. The molecule has 0 amide bonds. The Morgan fingerprint density at radius 1 is 1.04 bits per heavy atom. The topological polar surface area (TPSA) is 54.2 Å². The summed E-state index contributed by atoms with van der Waals surface area (Å²) in [4.78, 5) is 8.54. The van der Waals surface area contributed by atoms with E-state index in [9.17, 15) is 0 Å². The highest BCUT2D eigenvalue weighted by molar-refractivity contribution is 14.0. The van der Waals surface area contributed by atoms with Crippen LogP contribution in [-0.2, 0) is 13.0 Å². The van der Waals surface area contributed by atoms with Crippen LogP contribution in [0.2, 0.25) is 0 Å². The van der Waals surface area contributed by atoms with Crippen LogP contribution in [-0.4, -0.2) is 35.6 Å². The average molecular weight is 469 g/mol. The van der Waals surface area contributed by atoms with E-state index in [-0.39, 0.29) is 24.0 Å². The fourth-order valence-electron chi connectivity index (χ4n) is 3.01. The van der Waals surface area contributed by atoms with Gasteiger partial charge < -0.3 is 15.2 Å². The Hall–Kier alpha value is -1.57. The van der Waals surface area contributed by atoms with Crippen molar-refractivity contribution in [3.8, 4) is 0 Å². The molecule has 1 aromatic carbocycles. The van der Waals surface area contributed by atoms with Crippen molar-refractivity contribution in [2.75, 3.05) is 20.1 Å². The van der Waals surface area contributed by atoms with E-state index in [1.807, 2.05) is 26.4 Å². The molecule has 0 fully saturated rings. The lowest BCUT2D eigenvalue weighted by atomic mass is 10.1. The third-order valence-electron chi connectivity index (χ3n) is 4.25. The molecule has 0 aliphatic heterocycles. The molecular formula is C20H32IN5. The normalized spacial score (nSPS) is 11.2. The lowest BCUT2D eigenvalue weighted by Crippen LogP contribution is -2.38. The fraction of sp³-hybridized carbons (Fsp3) is 0.500. The van der Waals surface area contributed by atoms with Crippen molar-refractivity contribution >= 4 is 29.9 Å². The van der Waals surface area contributed by atoms with Crippen LogP contribution < -0.4 is 10.6 Å². The number of aliphatic imine (C=N–C) groups is 1. The fourth-order valence-corrected chi connectivity index (χ4v) is 3.01. The van der Waals surface area contributed by atoms with Crippen LogP contribution in [0.3, 0.4) is 0 Å². The third kappa shape index (κ3) is 7.76. The smallest absolute Gasteiger partial charge is 0.190 e. The summed E-state index contributed by atoms with van der Waals surface area (Å²) in [6, 6.07) is 6.72. The zero-order valence-corrected chi connectivity index (χ0v) is 18.7. The number of hydrogen-bond donors (Lipinski definition) is 2. The van der Waals surface area contributed by atoms with E-state index >= 15 is 0 Å². The number of aromatic nitrogens is 2. The lowest BCUT2D eigenvalue weighted by molar-refractivity contribution is 0.588. The van der Waals surface area contributed by atoms with Gasteiger partial charge in [-0.1, -0.05) is 29.3 Å². The molecule has 6 heteroatoms. The molecule has 2 rings (SSSR count). The van der Waals surface area contributed by atoms with Crippen molar-refractivity contribution in [1.82, 2.24) is 20.2 Å². The van der Waals surface area contributed by atoms with Gasteiger partial charge in [0.15, 0.2) is 5.96 Å². The molecule has 0 unspecified atom stereocenters. The third-order valence-corrected chi connectivity index (χ3v) is 4.25. The number of halogens is 1. The molecule has 0 atom stereocenters. The second-order valence-corrected chi connectivity index (χ2v) is 6.55. The van der Waals surface area contributed by atoms with E-state index in [0.29, 0.717) is 0 Å². The number of benzene rings is 1. The van der Waals surface area contributed by atoms with Crippen molar-refractivity contribution in [3.05, 3.63) is 53.1 Å². The van der Waals surface area contributed by atoms with Crippen molar-refractivity contribution in [1.29, 1.82) is 0 Å². The maximum Gasteiger partial charge on any atom is 0.190 e. The van der Waals surface area contributed by atoms with E-state index in [1.54, 1.807) is 0 Å². The lowest BCUT2D eigenvalue weighted by Gasteiger charge is -2.12. The second kappa shape index (κ2) is 11.9. The van der Waals surface area contributed by atoms with Crippen LogP contribution in [0, 0.1) is 20.8 Å².